The fraction of sp³-hybridized carbons (Fsp3) is 0.538. The van der Waals surface area contributed by atoms with Crippen molar-refractivity contribution >= 4 is 10.1 Å². The first-order chi connectivity index (χ1) is 8.12. The molecule has 0 saturated heterocycles. The molecule has 5 heteroatoms. The molecule has 0 unspecified atom stereocenters. The van der Waals surface area contributed by atoms with Crippen molar-refractivity contribution in [3.63, 3.8) is 0 Å². The maximum Gasteiger partial charge on any atom is 0.294 e. The molecule has 1 aliphatic carbocycles. The first-order valence-corrected chi connectivity index (χ1v) is 7.38. The molecule has 0 spiro atoms. The van der Waals surface area contributed by atoms with Gasteiger partial charge in [-0.15, -0.1) is 0 Å². The summed E-state index contributed by atoms with van der Waals surface area (Å²) < 4.78 is 29.9. The van der Waals surface area contributed by atoms with Gasteiger partial charge in [0.2, 0.25) is 0 Å². The van der Waals surface area contributed by atoms with Crippen molar-refractivity contribution in [1.82, 2.24) is 0 Å². The van der Waals surface area contributed by atoms with Gasteiger partial charge in [-0.2, -0.15) is 8.42 Å². The van der Waals surface area contributed by atoms with Crippen LogP contribution in [0.1, 0.15) is 32.3 Å². The summed E-state index contributed by atoms with van der Waals surface area (Å²) in [6, 6.07) is 6.27. The van der Waals surface area contributed by atoms with E-state index in [-0.39, 0.29) is 10.4 Å². The van der Waals surface area contributed by atoms with Crippen LogP contribution < -0.4 is 5.73 Å². The van der Waals surface area contributed by atoms with E-state index >= 15 is 0 Å². The van der Waals surface area contributed by atoms with Gasteiger partial charge in [0.05, 0.1) is 4.90 Å². The molecule has 1 aromatic carbocycles. The quantitative estimate of drug-likeness (QED) is 0.809. The van der Waals surface area contributed by atoms with E-state index < -0.39 is 10.1 Å². The number of benzene rings is 1. The Bertz CT molecular complexity index is 499. The Morgan fingerprint density at radius 3 is 2.00 bits per heavy atom. The minimum absolute atomic E-state index is 0.0278. The lowest BCUT2D eigenvalue weighted by Gasteiger charge is -2.15. The third kappa shape index (κ3) is 4.76. The van der Waals surface area contributed by atoms with Gasteiger partial charge < -0.3 is 5.73 Å². The number of rotatable bonds is 2. The van der Waals surface area contributed by atoms with E-state index in [0.717, 1.165) is 5.92 Å². The maximum atomic E-state index is 10.6. The second-order valence-corrected chi connectivity index (χ2v) is 6.73. The van der Waals surface area contributed by atoms with E-state index in [1.54, 1.807) is 25.1 Å². The zero-order valence-corrected chi connectivity index (χ0v) is 11.9. The van der Waals surface area contributed by atoms with Crippen molar-refractivity contribution in [2.45, 2.75) is 44.0 Å². The van der Waals surface area contributed by atoms with Gasteiger partial charge in [-0.05, 0) is 51.2 Å². The van der Waals surface area contributed by atoms with Crippen LogP contribution >= 0.6 is 0 Å². The monoisotopic (exact) mass is 271 g/mol. The summed E-state index contributed by atoms with van der Waals surface area (Å²) in [6.07, 6.45) is 2.70. The van der Waals surface area contributed by atoms with Crippen molar-refractivity contribution in [2.75, 3.05) is 0 Å². The van der Waals surface area contributed by atoms with E-state index in [2.05, 4.69) is 13.8 Å². The van der Waals surface area contributed by atoms with Crippen LogP contribution in [0.15, 0.2) is 29.2 Å². The highest BCUT2D eigenvalue weighted by molar-refractivity contribution is 7.85. The Morgan fingerprint density at radius 1 is 1.28 bits per heavy atom. The Morgan fingerprint density at radius 2 is 1.78 bits per heavy atom. The van der Waals surface area contributed by atoms with Crippen molar-refractivity contribution in [3.05, 3.63) is 29.8 Å². The molecule has 1 fully saturated rings. The highest BCUT2D eigenvalue weighted by Crippen LogP contribution is 2.37. The largest absolute Gasteiger partial charge is 0.325 e. The van der Waals surface area contributed by atoms with E-state index in [1.807, 2.05) is 0 Å². The van der Waals surface area contributed by atoms with E-state index in [0.29, 0.717) is 5.56 Å². The number of hydrogen-bond acceptors (Lipinski definition) is 3. The first kappa shape index (κ1) is 15.1. The van der Waals surface area contributed by atoms with Crippen LogP contribution in [0.4, 0.5) is 0 Å². The highest BCUT2D eigenvalue weighted by Gasteiger charge is 2.33. The highest BCUT2D eigenvalue weighted by atomic mass is 32.2. The molecule has 0 aromatic heterocycles. The topological polar surface area (TPSA) is 80.4 Å². The number of nitrogens with two attached hydrogens (primary N) is 1. The lowest BCUT2D eigenvalue weighted by Crippen LogP contribution is -2.34. The summed E-state index contributed by atoms with van der Waals surface area (Å²) in [5.74, 6) is 0.826. The van der Waals surface area contributed by atoms with Gasteiger partial charge in [-0.25, -0.2) is 0 Å². The first-order valence-electron chi connectivity index (χ1n) is 5.94. The third-order valence-electron chi connectivity index (χ3n) is 3.00. The van der Waals surface area contributed by atoms with Crippen LogP contribution in [-0.2, 0) is 10.1 Å². The smallest absolute Gasteiger partial charge is 0.294 e. The van der Waals surface area contributed by atoms with Crippen LogP contribution in [0.25, 0.3) is 0 Å². The van der Waals surface area contributed by atoms with Crippen LogP contribution in [0.3, 0.4) is 0 Å². The molecule has 0 heterocycles. The molecule has 2 rings (SSSR count). The molecule has 0 bridgehead atoms. The maximum absolute atomic E-state index is 10.6. The van der Waals surface area contributed by atoms with Crippen molar-refractivity contribution in [3.8, 4) is 0 Å². The molecule has 18 heavy (non-hydrogen) atoms. The predicted molar refractivity (Wildman–Crippen MR) is 72.0 cm³/mol. The van der Waals surface area contributed by atoms with E-state index in [4.69, 9.17) is 10.3 Å². The molecule has 102 valence electrons. The summed E-state index contributed by atoms with van der Waals surface area (Å²) in [6.45, 7) is 5.83. The third-order valence-corrected chi connectivity index (χ3v) is 4.01. The number of aryl methyl sites for hydroxylation is 1. The zero-order chi connectivity index (χ0) is 14.0. The molecular formula is C13H21NO3S. The SMILES string of the molecule is CC(C)(N)C1CC1.Cc1ccccc1S(=O)(=O)O. The molecule has 0 radical (unpaired) electrons. The molecular weight excluding hydrogens is 250 g/mol. The Balaban J connectivity index is 0.000000199. The molecule has 1 aromatic rings. The van der Waals surface area contributed by atoms with Crippen LogP contribution in [0.2, 0.25) is 0 Å². The standard InChI is InChI=1S/C7H8O3S.C6H13N/c1-6-4-2-3-5-7(6)11(8,9)10;1-6(2,7)5-3-4-5/h2-5H,1H3,(H,8,9,10);5H,3-4,7H2,1-2H3. The summed E-state index contributed by atoms with van der Waals surface area (Å²) in [7, 11) is -4.03. The summed E-state index contributed by atoms with van der Waals surface area (Å²) in [4.78, 5) is -0.0278. The fourth-order valence-corrected chi connectivity index (χ4v) is 2.40. The second kappa shape index (κ2) is 5.38. The fourth-order valence-electron chi connectivity index (χ4n) is 1.67. The van der Waals surface area contributed by atoms with Gasteiger partial charge >= 0.3 is 0 Å². The lowest BCUT2D eigenvalue weighted by atomic mass is 10.0. The molecule has 0 atom stereocenters. The van der Waals surface area contributed by atoms with Gasteiger partial charge in [-0.3, -0.25) is 4.55 Å². The second-order valence-electron chi connectivity index (χ2n) is 5.34. The van der Waals surface area contributed by atoms with Crippen LogP contribution in [0.5, 0.6) is 0 Å². The summed E-state index contributed by atoms with van der Waals surface area (Å²) in [5, 5.41) is 0. The molecule has 1 saturated carbocycles. The Labute approximate surface area is 109 Å². The minimum atomic E-state index is -4.03. The van der Waals surface area contributed by atoms with Gasteiger partial charge in [0.1, 0.15) is 0 Å². The van der Waals surface area contributed by atoms with Gasteiger partial charge in [-0.1, -0.05) is 18.2 Å². The lowest BCUT2D eigenvalue weighted by molar-refractivity contribution is 0.452. The van der Waals surface area contributed by atoms with Crippen LogP contribution in [-0.4, -0.2) is 18.5 Å². The Hall–Kier alpha value is -0.910. The summed E-state index contributed by atoms with van der Waals surface area (Å²) in [5.41, 5.74) is 6.40. The van der Waals surface area contributed by atoms with Crippen LogP contribution in [0, 0.1) is 12.8 Å². The van der Waals surface area contributed by atoms with E-state index in [9.17, 15) is 8.42 Å². The average Bonchev–Trinajstić information content (AvgIpc) is 2.98. The van der Waals surface area contributed by atoms with Crippen molar-refractivity contribution < 1.29 is 13.0 Å². The molecule has 0 aliphatic heterocycles. The normalized spacial score (nSPS) is 15.8. The molecule has 1 aliphatic rings. The summed E-state index contributed by atoms with van der Waals surface area (Å²) >= 11 is 0. The van der Waals surface area contributed by atoms with Crippen molar-refractivity contribution in [2.24, 2.45) is 11.7 Å². The minimum Gasteiger partial charge on any atom is -0.325 e. The Kier molecular flexibility index (Phi) is 4.53. The van der Waals surface area contributed by atoms with Gasteiger partial charge in [0, 0.05) is 5.54 Å². The predicted octanol–water partition coefficient (Wildman–Crippen LogP) is 2.38. The number of hydrogen-bond donors (Lipinski definition) is 2. The average molecular weight is 271 g/mol. The van der Waals surface area contributed by atoms with E-state index in [1.165, 1.54) is 18.9 Å². The van der Waals surface area contributed by atoms with Gasteiger partial charge in [0.25, 0.3) is 10.1 Å². The van der Waals surface area contributed by atoms with Crippen molar-refractivity contribution in [1.29, 1.82) is 0 Å². The molecule has 4 nitrogen and oxygen atoms in total. The van der Waals surface area contributed by atoms with Gasteiger partial charge in [0.15, 0.2) is 0 Å². The molecule has 0 amide bonds. The zero-order valence-electron chi connectivity index (χ0n) is 11.1. The molecule has 3 N–H and O–H groups in total.